The number of alkyl halides is 3. The molecule has 1 aromatic heterocycles. The lowest BCUT2D eigenvalue weighted by Crippen LogP contribution is -2.15. The van der Waals surface area contributed by atoms with Crippen LogP contribution in [0.4, 0.5) is 18.9 Å². The number of carbonyl (C=O) groups excluding carboxylic acids is 1. The van der Waals surface area contributed by atoms with Crippen molar-refractivity contribution in [2.24, 2.45) is 0 Å². The van der Waals surface area contributed by atoms with Crippen LogP contribution in [0.15, 0.2) is 48.5 Å². The Balaban J connectivity index is 1.83. The minimum atomic E-state index is -4.47. The highest BCUT2D eigenvalue weighted by molar-refractivity contribution is 6.05. The van der Waals surface area contributed by atoms with Crippen LogP contribution < -0.4 is 5.32 Å². The highest BCUT2D eigenvalue weighted by Gasteiger charge is 2.30. The quantitative estimate of drug-likeness (QED) is 0.675. The Morgan fingerprint density at radius 2 is 1.75 bits per heavy atom. The molecule has 7 heteroatoms. The largest absolute Gasteiger partial charge is 0.416 e. The molecule has 4 nitrogen and oxygen atoms in total. The monoisotopic (exact) mass is 387 g/mol. The molecule has 0 aliphatic rings. The van der Waals surface area contributed by atoms with E-state index < -0.39 is 17.6 Å². The molecule has 0 fully saturated rings. The molecule has 0 atom stereocenters. The van der Waals surface area contributed by atoms with Crippen LogP contribution in [0.5, 0.6) is 0 Å². The lowest BCUT2D eigenvalue weighted by atomic mass is 10.1. The van der Waals surface area contributed by atoms with Crippen LogP contribution in [0.25, 0.3) is 0 Å². The molecule has 0 saturated heterocycles. The number of nitrogens with one attached hydrogen (secondary N) is 1. The standard InChI is InChI=1S/C21H20F3N3O/c1-13-7-9-16(10-8-13)12-27-15(3)19(14(2)26-27)20(28)25-18-6-4-5-17(11-18)21(22,23)24/h4-11H,12H2,1-3H3,(H,25,28). The van der Waals surface area contributed by atoms with E-state index in [2.05, 4.69) is 10.4 Å². The Kier molecular flexibility index (Phi) is 5.27. The average molecular weight is 387 g/mol. The number of hydrogen-bond donors (Lipinski definition) is 1. The molecule has 0 unspecified atom stereocenters. The second-order valence-corrected chi connectivity index (χ2v) is 6.72. The Bertz CT molecular complexity index is 1000. The molecular formula is C21H20F3N3O. The van der Waals surface area contributed by atoms with Crippen LogP contribution in [0.2, 0.25) is 0 Å². The summed E-state index contributed by atoms with van der Waals surface area (Å²) in [6, 6.07) is 12.6. The number of benzene rings is 2. The third kappa shape index (κ3) is 4.24. The number of carbonyl (C=O) groups is 1. The van der Waals surface area contributed by atoms with Crippen molar-refractivity contribution in [2.75, 3.05) is 5.32 Å². The van der Waals surface area contributed by atoms with Gasteiger partial charge in [0.15, 0.2) is 0 Å². The lowest BCUT2D eigenvalue weighted by Gasteiger charge is -2.10. The molecule has 0 radical (unpaired) electrons. The molecule has 3 rings (SSSR count). The smallest absolute Gasteiger partial charge is 0.322 e. The molecule has 3 aromatic rings. The van der Waals surface area contributed by atoms with Crippen molar-refractivity contribution < 1.29 is 18.0 Å². The number of aryl methyl sites for hydroxylation is 2. The normalized spacial score (nSPS) is 11.5. The minimum absolute atomic E-state index is 0.0879. The van der Waals surface area contributed by atoms with Crippen LogP contribution in [0.3, 0.4) is 0 Å². The Labute approximate surface area is 161 Å². The molecule has 0 bridgehead atoms. The van der Waals surface area contributed by atoms with Crippen molar-refractivity contribution in [3.05, 3.63) is 82.2 Å². The van der Waals surface area contributed by atoms with E-state index in [9.17, 15) is 18.0 Å². The number of halogens is 3. The van der Waals surface area contributed by atoms with Crippen LogP contribution in [0.1, 0.15) is 38.4 Å². The van der Waals surface area contributed by atoms with E-state index in [0.29, 0.717) is 23.5 Å². The van der Waals surface area contributed by atoms with E-state index in [0.717, 1.165) is 23.3 Å². The summed E-state index contributed by atoms with van der Waals surface area (Å²) in [4.78, 5) is 12.7. The van der Waals surface area contributed by atoms with Gasteiger partial charge in [0.25, 0.3) is 5.91 Å². The van der Waals surface area contributed by atoms with Gasteiger partial charge in [0, 0.05) is 11.4 Å². The molecule has 0 aliphatic carbocycles. The van der Waals surface area contributed by atoms with Crippen molar-refractivity contribution in [1.29, 1.82) is 0 Å². The average Bonchev–Trinajstić information content (AvgIpc) is 2.90. The predicted octanol–water partition coefficient (Wildman–Crippen LogP) is 5.13. The van der Waals surface area contributed by atoms with Crippen molar-refractivity contribution in [3.63, 3.8) is 0 Å². The first-order chi connectivity index (χ1) is 13.1. The van der Waals surface area contributed by atoms with Crippen LogP contribution in [-0.2, 0) is 12.7 Å². The molecule has 2 aromatic carbocycles. The van der Waals surface area contributed by atoms with Gasteiger partial charge in [-0.2, -0.15) is 18.3 Å². The van der Waals surface area contributed by atoms with Gasteiger partial charge in [-0.25, -0.2) is 0 Å². The summed E-state index contributed by atoms with van der Waals surface area (Å²) in [6.45, 7) is 5.99. The maximum atomic E-state index is 12.9. The summed E-state index contributed by atoms with van der Waals surface area (Å²) >= 11 is 0. The third-order valence-corrected chi connectivity index (χ3v) is 4.51. The molecule has 1 N–H and O–H groups in total. The van der Waals surface area contributed by atoms with Crippen LogP contribution in [0, 0.1) is 20.8 Å². The van der Waals surface area contributed by atoms with Crippen molar-refractivity contribution in [1.82, 2.24) is 9.78 Å². The highest BCUT2D eigenvalue weighted by atomic mass is 19.4. The number of anilines is 1. The highest BCUT2D eigenvalue weighted by Crippen LogP contribution is 2.31. The number of aromatic nitrogens is 2. The first kappa shape index (κ1) is 19.7. The van der Waals surface area contributed by atoms with E-state index in [1.165, 1.54) is 12.1 Å². The lowest BCUT2D eigenvalue weighted by molar-refractivity contribution is -0.137. The first-order valence-corrected chi connectivity index (χ1v) is 8.73. The Morgan fingerprint density at radius 3 is 2.39 bits per heavy atom. The fourth-order valence-corrected chi connectivity index (χ4v) is 3.01. The maximum Gasteiger partial charge on any atom is 0.416 e. The van der Waals surface area contributed by atoms with Crippen molar-refractivity contribution in [2.45, 2.75) is 33.5 Å². The molecule has 146 valence electrons. The van der Waals surface area contributed by atoms with Crippen molar-refractivity contribution in [3.8, 4) is 0 Å². The summed E-state index contributed by atoms with van der Waals surface area (Å²) in [6.07, 6.45) is -4.47. The van der Waals surface area contributed by atoms with Crippen LogP contribution >= 0.6 is 0 Å². The summed E-state index contributed by atoms with van der Waals surface area (Å²) in [7, 11) is 0. The second-order valence-electron chi connectivity index (χ2n) is 6.72. The summed E-state index contributed by atoms with van der Waals surface area (Å²) in [5.41, 5.74) is 3.01. The van der Waals surface area contributed by atoms with E-state index in [1.807, 2.05) is 31.2 Å². The molecule has 28 heavy (non-hydrogen) atoms. The van der Waals surface area contributed by atoms with Crippen molar-refractivity contribution >= 4 is 11.6 Å². The van der Waals surface area contributed by atoms with E-state index in [4.69, 9.17) is 0 Å². The van der Waals surface area contributed by atoms with E-state index in [-0.39, 0.29) is 5.69 Å². The van der Waals surface area contributed by atoms with Gasteiger partial charge < -0.3 is 5.32 Å². The molecular weight excluding hydrogens is 367 g/mol. The fraction of sp³-hybridized carbons (Fsp3) is 0.238. The molecule has 1 amide bonds. The number of rotatable bonds is 4. The Morgan fingerprint density at radius 1 is 1.07 bits per heavy atom. The van der Waals surface area contributed by atoms with Gasteiger partial charge in [-0.05, 0) is 44.5 Å². The zero-order chi connectivity index (χ0) is 20.5. The number of nitrogens with zero attached hydrogens (tertiary/aromatic N) is 2. The second kappa shape index (κ2) is 7.50. The third-order valence-electron chi connectivity index (χ3n) is 4.51. The maximum absolute atomic E-state index is 12.9. The zero-order valence-electron chi connectivity index (χ0n) is 15.8. The molecule has 0 spiro atoms. The van der Waals surface area contributed by atoms with Gasteiger partial charge in [0.1, 0.15) is 0 Å². The summed E-state index contributed by atoms with van der Waals surface area (Å²) < 4.78 is 40.3. The van der Waals surface area contributed by atoms with Gasteiger partial charge in [-0.15, -0.1) is 0 Å². The van der Waals surface area contributed by atoms with E-state index in [1.54, 1.807) is 18.5 Å². The summed E-state index contributed by atoms with van der Waals surface area (Å²) in [5, 5.41) is 6.97. The van der Waals surface area contributed by atoms with Gasteiger partial charge in [-0.1, -0.05) is 35.9 Å². The summed E-state index contributed by atoms with van der Waals surface area (Å²) in [5.74, 6) is -0.482. The number of hydrogen-bond acceptors (Lipinski definition) is 2. The molecule has 0 saturated carbocycles. The topological polar surface area (TPSA) is 46.9 Å². The van der Waals surface area contributed by atoms with Gasteiger partial charge in [-0.3, -0.25) is 9.48 Å². The molecule has 0 aliphatic heterocycles. The zero-order valence-corrected chi connectivity index (χ0v) is 15.8. The number of amides is 1. The van der Waals surface area contributed by atoms with Gasteiger partial charge in [0.2, 0.25) is 0 Å². The van der Waals surface area contributed by atoms with Gasteiger partial charge in [0.05, 0.1) is 23.4 Å². The SMILES string of the molecule is Cc1ccc(Cn2nc(C)c(C(=O)Nc3cccc(C(F)(F)F)c3)c2C)cc1. The van der Waals surface area contributed by atoms with E-state index >= 15 is 0 Å². The Hall–Kier alpha value is -3.09. The minimum Gasteiger partial charge on any atom is -0.322 e. The molecule has 1 heterocycles. The van der Waals surface area contributed by atoms with Crippen LogP contribution in [-0.4, -0.2) is 15.7 Å². The predicted molar refractivity (Wildman–Crippen MR) is 101 cm³/mol. The van der Waals surface area contributed by atoms with Gasteiger partial charge >= 0.3 is 6.18 Å². The first-order valence-electron chi connectivity index (χ1n) is 8.73. The fourth-order valence-electron chi connectivity index (χ4n) is 3.01.